The van der Waals surface area contributed by atoms with Crippen molar-refractivity contribution in [3.63, 3.8) is 0 Å². The lowest BCUT2D eigenvalue weighted by atomic mass is 10.3. The number of ether oxygens (including phenoxy) is 1. The monoisotopic (exact) mass is 246 g/mol. The molecule has 0 saturated carbocycles. The summed E-state index contributed by atoms with van der Waals surface area (Å²) in [5.74, 6) is -0.637. The maximum absolute atomic E-state index is 10.4. The van der Waals surface area contributed by atoms with Crippen LogP contribution in [0.4, 0.5) is 0 Å². The zero-order valence-corrected chi connectivity index (χ0v) is 9.18. The van der Waals surface area contributed by atoms with Crippen LogP contribution in [0.25, 0.3) is 0 Å². The maximum Gasteiger partial charge on any atom is 0.334 e. The molecule has 1 aromatic carbocycles. The molecule has 1 aromatic rings. The second kappa shape index (κ2) is 5.05. The molecule has 0 aliphatic heterocycles. The third-order valence-electron chi connectivity index (χ3n) is 1.61. The Balaban J connectivity index is 2.62. The van der Waals surface area contributed by atoms with Crippen LogP contribution in [0.5, 0.6) is 5.75 Å². The van der Waals surface area contributed by atoms with Gasteiger partial charge in [-0.25, -0.2) is 4.79 Å². The molecule has 0 bridgehead atoms. The van der Waals surface area contributed by atoms with E-state index in [0.717, 1.165) is 0 Å². The van der Waals surface area contributed by atoms with Crippen molar-refractivity contribution in [2.75, 3.05) is 6.61 Å². The van der Waals surface area contributed by atoms with E-state index in [1.54, 1.807) is 12.1 Å². The fourth-order valence-corrected chi connectivity index (χ4v) is 1.09. The Bertz CT molecular complexity index is 402. The third-order valence-corrected chi connectivity index (χ3v) is 2.35. The van der Waals surface area contributed by atoms with Crippen molar-refractivity contribution in [3.8, 4) is 5.75 Å². The van der Waals surface area contributed by atoms with E-state index in [1.807, 2.05) is 0 Å². The summed E-state index contributed by atoms with van der Waals surface area (Å²) >= 11 is 11.4. The molecule has 5 heteroatoms. The highest BCUT2D eigenvalue weighted by molar-refractivity contribution is 6.42. The largest absolute Gasteiger partial charge is 0.489 e. The SMILES string of the molecule is C=C(COc1ccc(Cl)c(Cl)c1)C(=O)O. The first kappa shape index (κ1) is 11.9. The van der Waals surface area contributed by atoms with Crippen LogP contribution in [0, 0.1) is 0 Å². The number of carbonyl (C=O) groups is 1. The number of carboxylic acids is 1. The number of halogens is 2. The van der Waals surface area contributed by atoms with Gasteiger partial charge in [0, 0.05) is 6.07 Å². The Morgan fingerprint density at radius 1 is 1.40 bits per heavy atom. The molecule has 0 atom stereocenters. The van der Waals surface area contributed by atoms with Crippen LogP contribution in [-0.4, -0.2) is 17.7 Å². The summed E-state index contributed by atoms with van der Waals surface area (Å²) in [7, 11) is 0. The lowest BCUT2D eigenvalue weighted by Crippen LogP contribution is -2.08. The zero-order chi connectivity index (χ0) is 11.4. The minimum absolute atomic E-state index is 0.0268. The average Bonchev–Trinajstić information content (AvgIpc) is 2.19. The van der Waals surface area contributed by atoms with Crippen molar-refractivity contribution in [1.82, 2.24) is 0 Å². The van der Waals surface area contributed by atoms with Gasteiger partial charge in [-0.15, -0.1) is 0 Å². The molecular weight excluding hydrogens is 239 g/mol. The van der Waals surface area contributed by atoms with Crippen molar-refractivity contribution >= 4 is 29.2 Å². The van der Waals surface area contributed by atoms with E-state index in [4.69, 9.17) is 33.0 Å². The van der Waals surface area contributed by atoms with Crippen LogP contribution in [0.3, 0.4) is 0 Å². The first-order chi connectivity index (χ1) is 7.00. The molecule has 0 saturated heterocycles. The lowest BCUT2D eigenvalue weighted by Gasteiger charge is -2.06. The topological polar surface area (TPSA) is 46.5 Å². The normalized spacial score (nSPS) is 9.73. The van der Waals surface area contributed by atoms with Crippen LogP contribution in [0.2, 0.25) is 10.0 Å². The minimum atomic E-state index is -1.09. The first-order valence-electron chi connectivity index (χ1n) is 3.99. The van der Waals surface area contributed by atoms with Crippen molar-refractivity contribution in [3.05, 3.63) is 40.4 Å². The molecule has 0 aromatic heterocycles. The van der Waals surface area contributed by atoms with Crippen molar-refractivity contribution < 1.29 is 14.6 Å². The van der Waals surface area contributed by atoms with Gasteiger partial charge in [0.2, 0.25) is 0 Å². The van der Waals surface area contributed by atoms with Crippen LogP contribution in [-0.2, 0) is 4.79 Å². The minimum Gasteiger partial charge on any atom is -0.489 e. The highest BCUT2D eigenvalue weighted by atomic mass is 35.5. The molecule has 0 amide bonds. The van der Waals surface area contributed by atoms with Gasteiger partial charge in [-0.1, -0.05) is 29.8 Å². The molecular formula is C10H8Cl2O3. The highest BCUT2D eigenvalue weighted by Crippen LogP contribution is 2.26. The molecule has 3 nitrogen and oxygen atoms in total. The van der Waals surface area contributed by atoms with Gasteiger partial charge in [0.15, 0.2) is 0 Å². The highest BCUT2D eigenvalue weighted by Gasteiger charge is 2.05. The summed E-state index contributed by atoms with van der Waals surface area (Å²) in [6, 6.07) is 4.69. The number of hydrogen-bond acceptors (Lipinski definition) is 2. The molecule has 1 rings (SSSR count). The van der Waals surface area contributed by atoms with Crippen molar-refractivity contribution in [1.29, 1.82) is 0 Å². The van der Waals surface area contributed by atoms with E-state index in [1.165, 1.54) is 6.07 Å². The van der Waals surface area contributed by atoms with Gasteiger partial charge in [0.05, 0.1) is 15.6 Å². The maximum atomic E-state index is 10.4. The number of hydrogen-bond donors (Lipinski definition) is 1. The second-order valence-corrected chi connectivity index (χ2v) is 3.59. The summed E-state index contributed by atoms with van der Waals surface area (Å²) in [4.78, 5) is 10.4. The average molecular weight is 247 g/mol. The zero-order valence-electron chi connectivity index (χ0n) is 7.67. The lowest BCUT2D eigenvalue weighted by molar-refractivity contribution is -0.133. The second-order valence-electron chi connectivity index (χ2n) is 2.77. The van der Waals surface area contributed by atoms with Gasteiger partial charge < -0.3 is 9.84 Å². The van der Waals surface area contributed by atoms with Crippen LogP contribution >= 0.6 is 23.2 Å². The van der Waals surface area contributed by atoms with E-state index in [9.17, 15) is 4.79 Å². The number of aliphatic carboxylic acids is 1. The predicted molar refractivity (Wildman–Crippen MR) is 58.7 cm³/mol. The van der Waals surface area contributed by atoms with Gasteiger partial charge in [-0.05, 0) is 12.1 Å². The van der Waals surface area contributed by atoms with E-state index >= 15 is 0 Å². The Kier molecular flexibility index (Phi) is 4.00. The summed E-state index contributed by atoms with van der Waals surface area (Å²) in [5, 5.41) is 9.31. The summed E-state index contributed by atoms with van der Waals surface area (Å²) in [6.45, 7) is 3.24. The molecule has 0 aliphatic carbocycles. The Morgan fingerprint density at radius 2 is 2.07 bits per heavy atom. The van der Waals surface area contributed by atoms with Gasteiger partial charge >= 0.3 is 5.97 Å². The number of benzene rings is 1. The van der Waals surface area contributed by atoms with Gasteiger partial charge in [-0.2, -0.15) is 0 Å². The van der Waals surface area contributed by atoms with Crippen LogP contribution in [0.15, 0.2) is 30.4 Å². The Hall–Kier alpha value is -1.19. The predicted octanol–water partition coefficient (Wildman–Crippen LogP) is 3.01. The summed E-state index contributed by atoms with van der Waals surface area (Å²) in [5.41, 5.74) is -0.0268. The fourth-order valence-electron chi connectivity index (χ4n) is 0.799. The molecule has 0 unspecified atom stereocenters. The van der Waals surface area contributed by atoms with E-state index in [2.05, 4.69) is 6.58 Å². The van der Waals surface area contributed by atoms with Crippen molar-refractivity contribution in [2.24, 2.45) is 0 Å². The molecule has 0 fully saturated rings. The fraction of sp³-hybridized carbons (Fsp3) is 0.100. The quantitative estimate of drug-likeness (QED) is 0.832. The van der Waals surface area contributed by atoms with E-state index < -0.39 is 5.97 Å². The van der Waals surface area contributed by atoms with E-state index in [-0.39, 0.29) is 12.2 Å². The van der Waals surface area contributed by atoms with Crippen LogP contribution < -0.4 is 4.74 Å². The molecule has 0 spiro atoms. The third kappa shape index (κ3) is 3.46. The summed E-state index contributed by atoms with van der Waals surface area (Å²) in [6.07, 6.45) is 0. The molecule has 0 radical (unpaired) electrons. The summed E-state index contributed by atoms with van der Waals surface area (Å²) < 4.78 is 5.14. The molecule has 15 heavy (non-hydrogen) atoms. The molecule has 0 heterocycles. The molecule has 80 valence electrons. The Morgan fingerprint density at radius 3 is 2.60 bits per heavy atom. The van der Waals surface area contributed by atoms with Gasteiger partial charge in [-0.3, -0.25) is 0 Å². The number of rotatable bonds is 4. The number of carboxylic acid groups (broad SMARTS) is 1. The first-order valence-corrected chi connectivity index (χ1v) is 4.75. The molecule has 0 aliphatic rings. The molecule has 1 N–H and O–H groups in total. The van der Waals surface area contributed by atoms with E-state index in [0.29, 0.717) is 15.8 Å². The Labute approximate surface area is 96.9 Å². The van der Waals surface area contributed by atoms with Gasteiger partial charge in [0.1, 0.15) is 12.4 Å². The van der Waals surface area contributed by atoms with Crippen LogP contribution in [0.1, 0.15) is 0 Å². The smallest absolute Gasteiger partial charge is 0.334 e. The van der Waals surface area contributed by atoms with Crippen molar-refractivity contribution in [2.45, 2.75) is 0 Å². The van der Waals surface area contributed by atoms with Gasteiger partial charge in [0.25, 0.3) is 0 Å². The standard InChI is InChI=1S/C10H8Cl2O3/c1-6(10(13)14)5-15-7-2-3-8(11)9(12)4-7/h2-4H,1,5H2,(H,13,14).